The number of aryl methyl sites for hydroxylation is 1. The van der Waals surface area contributed by atoms with E-state index in [4.69, 9.17) is 10.5 Å². The molecule has 0 spiro atoms. The van der Waals surface area contributed by atoms with Crippen LogP contribution >= 0.6 is 0 Å². The monoisotopic (exact) mass is 435 g/mol. The molecule has 0 saturated heterocycles. The highest BCUT2D eigenvalue weighted by atomic mass is 16.5. The predicted octanol–water partition coefficient (Wildman–Crippen LogP) is 0.294. The summed E-state index contributed by atoms with van der Waals surface area (Å²) in [6.45, 7) is 5.98. The van der Waals surface area contributed by atoms with Gasteiger partial charge in [0.1, 0.15) is 22.9 Å². The van der Waals surface area contributed by atoms with Gasteiger partial charge in [-0.1, -0.05) is 13.3 Å². The molecule has 0 unspecified atom stereocenters. The smallest absolute Gasteiger partial charge is 0.343 e. The zero-order valence-corrected chi connectivity index (χ0v) is 18.2. The number of ether oxygens (including phenoxy) is 1. The van der Waals surface area contributed by atoms with E-state index in [-0.39, 0.29) is 42.6 Å². The summed E-state index contributed by atoms with van der Waals surface area (Å²) >= 11 is 0. The average Bonchev–Trinajstić information content (AvgIpc) is 3.07. The summed E-state index contributed by atoms with van der Waals surface area (Å²) in [4.78, 5) is 53.1. The topological polar surface area (TPSA) is 157 Å². The number of nitrogens with two attached hydrogens (primary N) is 1. The number of aromatic amines is 1. The van der Waals surface area contributed by atoms with Gasteiger partial charge in [0.05, 0.1) is 19.3 Å². The minimum atomic E-state index is -0.669. The predicted molar refractivity (Wildman–Crippen MR) is 116 cm³/mol. The van der Waals surface area contributed by atoms with Gasteiger partial charge in [-0.15, -0.1) is 0 Å². The lowest BCUT2D eigenvalue weighted by Gasteiger charge is -2.24. The molecule has 0 atom stereocenters. The molecule has 2 aromatic heterocycles. The summed E-state index contributed by atoms with van der Waals surface area (Å²) in [7, 11) is 1.57. The number of rotatable bonds is 10. The first-order valence-corrected chi connectivity index (χ1v) is 10.1. The van der Waals surface area contributed by atoms with E-state index in [1.54, 1.807) is 20.9 Å². The van der Waals surface area contributed by atoms with E-state index in [1.807, 2.05) is 6.92 Å². The molecule has 0 fully saturated rings. The molecule has 2 aromatic rings. The number of unbranched alkanes of at least 4 members (excludes halogenated alkanes) is 1. The van der Waals surface area contributed by atoms with Crippen molar-refractivity contribution in [1.82, 2.24) is 19.3 Å². The number of nitrogens with zero attached hydrogens (tertiary/aromatic N) is 4. The highest BCUT2D eigenvalue weighted by molar-refractivity contribution is 6.01. The van der Waals surface area contributed by atoms with Crippen LogP contribution in [-0.2, 0) is 23.1 Å². The van der Waals surface area contributed by atoms with E-state index < -0.39 is 23.1 Å². The number of carbonyl (C=O) groups is 2. The highest BCUT2D eigenvalue weighted by Crippen LogP contribution is 2.18. The zero-order valence-electron chi connectivity index (χ0n) is 18.2. The van der Waals surface area contributed by atoms with Crippen molar-refractivity contribution in [2.45, 2.75) is 40.2 Å². The third kappa shape index (κ3) is 5.32. The second kappa shape index (κ2) is 10.5. The molecule has 170 valence electrons. The van der Waals surface area contributed by atoms with Gasteiger partial charge in [0.2, 0.25) is 5.91 Å². The Morgan fingerprint density at radius 3 is 2.61 bits per heavy atom. The van der Waals surface area contributed by atoms with E-state index in [2.05, 4.69) is 15.4 Å². The first-order chi connectivity index (χ1) is 14.7. The van der Waals surface area contributed by atoms with Crippen LogP contribution in [0.2, 0.25) is 0 Å². The van der Waals surface area contributed by atoms with Gasteiger partial charge in [-0.05, 0) is 20.3 Å². The standard InChI is InChI=1S/C19H29N7O5/c1-5-8-9-26-15(20)14(17(28)23-19(26)30)25(6-2)11-13(27)22-16-12(10-21-24(16)4)18(29)31-7-3/h10H,5-9,11,20H2,1-4H3,(H,22,27)(H,23,28,30). The first kappa shape index (κ1) is 23.7. The zero-order chi connectivity index (χ0) is 23.1. The quantitative estimate of drug-likeness (QED) is 0.450. The van der Waals surface area contributed by atoms with Crippen LogP contribution in [0.25, 0.3) is 0 Å². The molecule has 0 bridgehead atoms. The van der Waals surface area contributed by atoms with E-state index in [1.165, 1.54) is 20.3 Å². The van der Waals surface area contributed by atoms with Crippen molar-refractivity contribution in [1.29, 1.82) is 0 Å². The summed E-state index contributed by atoms with van der Waals surface area (Å²) in [5.41, 5.74) is 5.03. The molecular weight excluding hydrogens is 406 g/mol. The van der Waals surface area contributed by atoms with Crippen LogP contribution in [0.3, 0.4) is 0 Å². The number of nitrogen functional groups attached to an aromatic ring is 1. The molecule has 1 amide bonds. The van der Waals surface area contributed by atoms with Crippen LogP contribution in [0.15, 0.2) is 15.8 Å². The Balaban J connectivity index is 2.30. The van der Waals surface area contributed by atoms with Gasteiger partial charge < -0.3 is 20.7 Å². The van der Waals surface area contributed by atoms with Gasteiger partial charge in [-0.3, -0.25) is 23.8 Å². The third-order valence-corrected chi connectivity index (χ3v) is 4.67. The van der Waals surface area contributed by atoms with Gasteiger partial charge in [-0.2, -0.15) is 5.10 Å². The molecule has 31 heavy (non-hydrogen) atoms. The molecule has 0 aromatic carbocycles. The van der Waals surface area contributed by atoms with Crippen LogP contribution < -0.4 is 27.2 Å². The number of amides is 1. The fraction of sp³-hybridized carbons (Fsp3) is 0.526. The fourth-order valence-corrected chi connectivity index (χ4v) is 3.06. The Hall–Kier alpha value is -3.57. The summed E-state index contributed by atoms with van der Waals surface area (Å²) in [5, 5.41) is 6.61. The molecule has 2 rings (SSSR count). The van der Waals surface area contributed by atoms with Crippen LogP contribution in [0.1, 0.15) is 44.0 Å². The minimum Gasteiger partial charge on any atom is -0.462 e. The van der Waals surface area contributed by atoms with E-state index in [0.29, 0.717) is 13.0 Å². The van der Waals surface area contributed by atoms with Crippen molar-refractivity contribution >= 4 is 29.2 Å². The summed E-state index contributed by atoms with van der Waals surface area (Å²) < 4.78 is 7.61. The second-order valence-corrected chi connectivity index (χ2v) is 6.81. The molecule has 0 aliphatic heterocycles. The lowest BCUT2D eigenvalue weighted by atomic mass is 10.3. The van der Waals surface area contributed by atoms with E-state index >= 15 is 0 Å². The van der Waals surface area contributed by atoms with Gasteiger partial charge in [0.25, 0.3) is 5.56 Å². The maximum atomic E-state index is 12.7. The van der Waals surface area contributed by atoms with Crippen molar-refractivity contribution in [2.24, 2.45) is 7.05 Å². The average molecular weight is 435 g/mol. The lowest BCUT2D eigenvalue weighted by Crippen LogP contribution is -2.41. The van der Waals surface area contributed by atoms with Crippen molar-refractivity contribution in [3.8, 4) is 0 Å². The SMILES string of the molecule is CCCCn1c(N)c(N(CC)CC(=O)Nc2c(C(=O)OCC)cnn2C)c(=O)[nH]c1=O. The van der Waals surface area contributed by atoms with Crippen LogP contribution in [0.5, 0.6) is 0 Å². The number of aromatic nitrogens is 4. The normalized spacial score (nSPS) is 10.7. The van der Waals surface area contributed by atoms with Crippen LogP contribution in [0, 0.1) is 0 Å². The Morgan fingerprint density at radius 2 is 2.00 bits per heavy atom. The third-order valence-electron chi connectivity index (χ3n) is 4.67. The van der Waals surface area contributed by atoms with Crippen molar-refractivity contribution in [3.05, 3.63) is 32.6 Å². The Kier molecular flexibility index (Phi) is 8.00. The molecule has 0 aliphatic rings. The Labute approximate surface area is 179 Å². The minimum absolute atomic E-state index is 0.00426. The van der Waals surface area contributed by atoms with Crippen molar-refractivity contribution in [2.75, 3.05) is 35.6 Å². The largest absolute Gasteiger partial charge is 0.462 e. The maximum Gasteiger partial charge on any atom is 0.343 e. The number of hydrogen-bond donors (Lipinski definition) is 3. The number of H-pyrrole nitrogens is 1. The molecule has 12 nitrogen and oxygen atoms in total. The molecule has 2 heterocycles. The highest BCUT2D eigenvalue weighted by Gasteiger charge is 2.23. The van der Waals surface area contributed by atoms with Crippen LogP contribution in [0.4, 0.5) is 17.3 Å². The Bertz CT molecular complexity index is 1050. The Morgan fingerprint density at radius 1 is 1.29 bits per heavy atom. The fourth-order valence-electron chi connectivity index (χ4n) is 3.06. The van der Waals surface area contributed by atoms with Gasteiger partial charge in [0.15, 0.2) is 0 Å². The maximum absolute atomic E-state index is 12.7. The van der Waals surface area contributed by atoms with Crippen molar-refractivity contribution in [3.63, 3.8) is 0 Å². The number of likely N-dealkylation sites (N-methyl/N-ethyl adjacent to an activating group) is 1. The molecule has 4 N–H and O–H groups in total. The molecular formula is C19H29N7O5. The second-order valence-electron chi connectivity index (χ2n) is 6.81. The summed E-state index contributed by atoms with van der Waals surface area (Å²) in [5.74, 6) is -0.929. The summed E-state index contributed by atoms with van der Waals surface area (Å²) in [6, 6.07) is 0. The van der Waals surface area contributed by atoms with Crippen molar-refractivity contribution < 1.29 is 14.3 Å². The van der Waals surface area contributed by atoms with E-state index in [9.17, 15) is 19.2 Å². The lowest BCUT2D eigenvalue weighted by molar-refractivity contribution is -0.115. The first-order valence-electron chi connectivity index (χ1n) is 10.1. The van der Waals surface area contributed by atoms with Gasteiger partial charge >= 0.3 is 11.7 Å². The number of carbonyl (C=O) groups excluding carboxylic acids is 2. The van der Waals surface area contributed by atoms with Crippen LogP contribution in [-0.4, -0.2) is 50.9 Å². The number of nitrogens with one attached hydrogen (secondary N) is 2. The molecule has 0 radical (unpaired) electrons. The number of hydrogen-bond acceptors (Lipinski definition) is 8. The number of esters is 1. The van der Waals surface area contributed by atoms with E-state index in [0.717, 1.165) is 6.42 Å². The number of anilines is 3. The molecule has 0 aliphatic carbocycles. The molecule has 12 heteroatoms. The summed E-state index contributed by atoms with van der Waals surface area (Å²) in [6.07, 6.45) is 2.85. The van der Waals surface area contributed by atoms with Gasteiger partial charge in [0, 0.05) is 20.1 Å². The molecule has 0 saturated carbocycles. The van der Waals surface area contributed by atoms with Gasteiger partial charge in [-0.25, -0.2) is 9.59 Å².